The third-order valence-electron chi connectivity index (χ3n) is 6.19. The molecule has 0 N–H and O–H groups in total. The van der Waals surface area contributed by atoms with Crippen molar-refractivity contribution >= 4 is 21.7 Å². The van der Waals surface area contributed by atoms with Crippen LogP contribution in [0.4, 0.5) is 0 Å². The number of carbonyl (C=O) groups is 2. The van der Waals surface area contributed by atoms with Gasteiger partial charge in [0.1, 0.15) is 0 Å². The van der Waals surface area contributed by atoms with Gasteiger partial charge in [0.2, 0.25) is 5.91 Å². The highest BCUT2D eigenvalue weighted by Gasteiger charge is 2.31. The summed E-state index contributed by atoms with van der Waals surface area (Å²) >= 11 is 0. The Morgan fingerprint density at radius 2 is 1.68 bits per heavy atom. The number of piperidine rings is 2. The van der Waals surface area contributed by atoms with E-state index in [4.69, 9.17) is 0 Å². The number of amides is 2. The Balaban J connectivity index is 1.42. The molecule has 0 spiro atoms. The molecule has 2 aliphatic rings. The third kappa shape index (κ3) is 4.98. The highest BCUT2D eigenvalue weighted by atomic mass is 32.2. The summed E-state index contributed by atoms with van der Waals surface area (Å²) in [7, 11) is -3.54. The van der Waals surface area contributed by atoms with E-state index in [2.05, 4.69) is 0 Å². The molecule has 164 valence electrons. The minimum atomic E-state index is -3.54. The van der Waals surface area contributed by atoms with E-state index in [9.17, 15) is 18.0 Å². The van der Waals surface area contributed by atoms with E-state index >= 15 is 0 Å². The Kier molecular flexibility index (Phi) is 6.41. The topological polar surface area (TPSA) is 74.8 Å². The fraction of sp³-hybridized carbons (Fsp3) is 0.417. The summed E-state index contributed by atoms with van der Waals surface area (Å²) in [4.78, 5) is 29.1. The van der Waals surface area contributed by atoms with Crippen molar-refractivity contribution in [2.75, 3.05) is 19.6 Å². The van der Waals surface area contributed by atoms with Gasteiger partial charge in [-0.25, -0.2) is 8.42 Å². The van der Waals surface area contributed by atoms with Crippen LogP contribution in [0.5, 0.6) is 0 Å². The van der Waals surface area contributed by atoms with Crippen molar-refractivity contribution in [1.29, 1.82) is 0 Å². The highest BCUT2D eigenvalue weighted by Crippen LogP contribution is 2.24. The van der Waals surface area contributed by atoms with Crippen molar-refractivity contribution in [2.45, 2.75) is 48.8 Å². The minimum Gasteiger partial charge on any atom is -0.340 e. The average molecular weight is 441 g/mol. The molecular formula is C24H28N2O4S. The largest absolute Gasteiger partial charge is 0.340 e. The van der Waals surface area contributed by atoms with Crippen LogP contribution in [-0.4, -0.2) is 55.7 Å². The smallest absolute Gasteiger partial charge is 0.253 e. The van der Waals surface area contributed by atoms with Crippen molar-refractivity contribution in [3.8, 4) is 0 Å². The van der Waals surface area contributed by atoms with Crippen LogP contribution in [0.2, 0.25) is 0 Å². The second-order valence-corrected chi connectivity index (χ2v) is 10.3. The molecule has 2 saturated heterocycles. The van der Waals surface area contributed by atoms with Crippen molar-refractivity contribution in [3.63, 3.8) is 0 Å². The van der Waals surface area contributed by atoms with E-state index in [1.165, 1.54) is 6.07 Å². The summed E-state index contributed by atoms with van der Waals surface area (Å²) in [6, 6.07) is 15.6. The van der Waals surface area contributed by atoms with Gasteiger partial charge in [0.05, 0.1) is 10.6 Å². The summed E-state index contributed by atoms with van der Waals surface area (Å²) in [5, 5.41) is 0. The van der Waals surface area contributed by atoms with Crippen molar-refractivity contribution < 1.29 is 18.0 Å². The number of sulfone groups is 1. The van der Waals surface area contributed by atoms with Gasteiger partial charge in [0.25, 0.3) is 5.91 Å². The monoisotopic (exact) mass is 440 g/mol. The first-order valence-electron chi connectivity index (χ1n) is 10.9. The van der Waals surface area contributed by atoms with Crippen molar-refractivity contribution in [2.24, 2.45) is 0 Å². The van der Waals surface area contributed by atoms with Crippen LogP contribution in [0, 0.1) is 0 Å². The molecule has 2 aromatic rings. The van der Waals surface area contributed by atoms with Gasteiger partial charge in [0.15, 0.2) is 9.84 Å². The predicted octanol–water partition coefficient (Wildman–Crippen LogP) is 3.28. The van der Waals surface area contributed by atoms with Gasteiger partial charge in [-0.05, 0) is 49.4 Å². The molecule has 6 nitrogen and oxygen atoms in total. The first kappa shape index (κ1) is 21.6. The van der Waals surface area contributed by atoms with Crippen molar-refractivity contribution in [1.82, 2.24) is 9.80 Å². The van der Waals surface area contributed by atoms with Crippen molar-refractivity contribution in [3.05, 3.63) is 65.7 Å². The molecule has 0 aliphatic carbocycles. The lowest BCUT2D eigenvalue weighted by Crippen LogP contribution is -2.50. The minimum absolute atomic E-state index is 0.0965. The number of nitrogens with zero attached hydrogens (tertiary/aromatic N) is 2. The molecule has 2 amide bonds. The maximum atomic E-state index is 13.0. The standard InChI is InChI=1S/C24H28N2O4S/c27-23-11-4-5-14-26(23)21-12-15-25(16-13-21)24(28)20-9-6-10-22(17-20)31(29,30)18-19-7-2-1-3-8-19/h1-3,6-10,17,21H,4-5,11-16,18H2. The quantitative estimate of drug-likeness (QED) is 0.715. The SMILES string of the molecule is O=C(c1cccc(S(=O)(=O)Cc2ccccc2)c1)N1CCC(N2CCCCC2=O)CC1. The average Bonchev–Trinajstić information content (AvgIpc) is 2.79. The molecule has 2 fully saturated rings. The van der Waals surface area contributed by atoms with Gasteiger partial charge < -0.3 is 9.80 Å². The lowest BCUT2D eigenvalue weighted by atomic mass is 9.99. The van der Waals surface area contributed by atoms with Crippen LogP contribution < -0.4 is 0 Å². The van der Waals surface area contributed by atoms with Crippen LogP contribution >= 0.6 is 0 Å². The molecule has 0 saturated carbocycles. The van der Waals surface area contributed by atoms with Crippen LogP contribution in [0.1, 0.15) is 48.0 Å². The number of rotatable bonds is 5. The van der Waals surface area contributed by atoms with Crippen LogP contribution in [-0.2, 0) is 20.4 Å². The summed E-state index contributed by atoms with van der Waals surface area (Å²) in [6.07, 6.45) is 4.18. The van der Waals surface area contributed by atoms with Crippen LogP contribution in [0.3, 0.4) is 0 Å². The molecule has 0 aromatic heterocycles. The molecule has 4 rings (SSSR count). The lowest BCUT2D eigenvalue weighted by Gasteiger charge is -2.40. The van der Waals surface area contributed by atoms with Gasteiger partial charge in [-0.1, -0.05) is 36.4 Å². The zero-order valence-electron chi connectivity index (χ0n) is 17.6. The normalized spacial score (nSPS) is 18.3. The van der Waals surface area contributed by atoms with Gasteiger partial charge in [0, 0.05) is 37.7 Å². The highest BCUT2D eigenvalue weighted by molar-refractivity contribution is 7.90. The molecule has 0 unspecified atom stereocenters. The Bertz CT molecular complexity index is 1040. The molecule has 0 bridgehead atoms. The summed E-state index contributed by atoms with van der Waals surface area (Å²) in [5.41, 5.74) is 1.11. The molecular weight excluding hydrogens is 412 g/mol. The van der Waals surface area contributed by atoms with Gasteiger partial charge in [-0.15, -0.1) is 0 Å². The fourth-order valence-electron chi connectivity index (χ4n) is 4.48. The van der Waals surface area contributed by atoms with E-state index in [0.717, 1.165) is 32.2 Å². The van der Waals surface area contributed by atoms with E-state index in [-0.39, 0.29) is 28.5 Å². The number of likely N-dealkylation sites (tertiary alicyclic amines) is 2. The Hall–Kier alpha value is -2.67. The predicted molar refractivity (Wildman–Crippen MR) is 118 cm³/mol. The lowest BCUT2D eigenvalue weighted by molar-refractivity contribution is -0.136. The van der Waals surface area contributed by atoms with E-state index in [1.807, 2.05) is 23.1 Å². The second kappa shape index (κ2) is 9.22. The van der Waals surface area contributed by atoms with E-state index in [0.29, 0.717) is 30.6 Å². The summed E-state index contributed by atoms with van der Waals surface area (Å²) in [5.74, 6) is -0.0201. The third-order valence-corrected chi connectivity index (χ3v) is 7.88. The first-order valence-corrected chi connectivity index (χ1v) is 12.5. The Morgan fingerprint density at radius 1 is 0.935 bits per heavy atom. The molecule has 2 aromatic carbocycles. The number of hydrogen-bond acceptors (Lipinski definition) is 4. The molecule has 0 atom stereocenters. The number of carbonyl (C=O) groups excluding carboxylic acids is 2. The van der Waals surface area contributed by atoms with Gasteiger partial charge >= 0.3 is 0 Å². The Labute approximate surface area is 183 Å². The fourth-order valence-corrected chi connectivity index (χ4v) is 5.87. The van der Waals surface area contributed by atoms with Gasteiger partial charge in [-0.3, -0.25) is 9.59 Å². The summed E-state index contributed by atoms with van der Waals surface area (Å²) in [6.45, 7) is 1.97. The maximum Gasteiger partial charge on any atom is 0.253 e. The Morgan fingerprint density at radius 3 is 2.39 bits per heavy atom. The maximum absolute atomic E-state index is 13.0. The molecule has 31 heavy (non-hydrogen) atoms. The van der Waals surface area contributed by atoms with E-state index < -0.39 is 9.84 Å². The van der Waals surface area contributed by atoms with Crippen LogP contribution in [0.25, 0.3) is 0 Å². The molecule has 7 heteroatoms. The number of benzene rings is 2. The number of hydrogen-bond donors (Lipinski definition) is 0. The van der Waals surface area contributed by atoms with Gasteiger partial charge in [-0.2, -0.15) is 0 Å². The zero-order valence-corrected chi connectivity index (χ0v) is 18.4. The van der Waals surface area contributed by atoms with Crippen LogP contribution in [0.15, 0.2) is 59.5 Å². The molecule has 0 radical (unpaired) electrons. The second-order valence-electron chi connectivity index (χ2n) is 8.34. The van der Waals surface area contributed by atoms with E-state index in [1.54, 1.807) is 35.2 Å². The molecule has 2 aliphatic heterocycles. The first-order chi connectivity index (χ1) is 14.9. The zero-order chi connectivity index (χ0) is 21.8. The molecule has 2 heterocycles. The summed E-state index contributed by atoms with van der Waals surface area (Å²) < 4.78 is 25.7.